The third kappa shape index (κ3) is 3.93. The van der Waals surface area contributed by atoms with E-state index in [0.717, 1.165) is 22.9 Å². The molecular formula is C19H17F3N4. The first-order valence-corrected chi connectivity index (χ1v) is 7.94. The second-order valence-electron chi connectivity index (χ2n) is 5.81. The highest BCUT2D eigenvalue weighted by molar-refractivity contribution is 5.64. The van der Waals surface area contributed by atoms with E-state index < -0.39 is 11.7 Å². The molecular weight excluding hydrogens is 341 g/mol. The lowest BCUT2D eigenvalue weighted by Crippen LogP contribution is -2.09. The minimum atomic E-state index is -4.46. The van der Waals surface area contributed by atoms with Crippen molar-refractivity contribution < 1.29 is 13.2 Å². The first kappa shape index (κ1) is 17.7. The van der Waals surface area contributed by atoms with Crippen LogP contribution in [0.4, 0.5) is 36.3 Å². The molecule has 7 heteroatoms. The van der Waals surface area contributed by atoms with E-state index >= 15 is 0 Å². The lowest BCUT2D eigenvalue weighted by atomic mass is 10.1. The Balaban J connectivity index is 1.86. The molecule has 0 amide bonds. The van der Waals surface area contributed by atoms with E-state index in [4.69, 9.17) is 0 Å². The highest BCUT2D eigenvalue weighted by Crippen LogP contribution is 2.35. The van der Waals surface area contributed by atoms with Gasteiger partial charge in [0.2, 0.25) is 5.95 Å². The molecule has 2 N–H and O–H groups in total. The van der Waals surface area contributed by atoms with Crippen LogP contribution in [0, 0.1) is 13.8 Å². The number of hydrogen-bond donors (Lipinski definition) is 2. The maximum atomic E-state index is 13.1. The second-order valence-corrected chi connectivity index (χ2v) is 5.81. The van der Waals surface area contributed by atoms with Crippen LogP contribution >= 0.6 is 0 Å². The fourth-order valence-electron chi connectivity index (χ4n) is 2.47. The maximum absolute atomic E-state index is 13.1. The molecule has 0 atom stereocenters. The summed E-state index contributed by atoms with van der Waals surface area (Å²) in [5, 5.41) is 5.82. The van der Waals surface area contributed by atoms with Gasteiger partial charge in [-0.2, -0.15) is 18.2 Å². The molecule has 0 bridgehead atoms. The van der Waals surface area contributed by atoms with Gasteiger partial charge in [-0.15, -0.1) is 0 Å². The van der Waals surface area contributed by atoms with E-state index in [2.05, 4.69) is 20.6 Å². The number of hydrogen-bond acceptors (Lipinski definition) is 4. The first-order chi connectivity index (χ1) is 12.3. The molecule has 0 saturated carbocycles. The van der Waals surface area contributed by atoms with Gasteiger partial charge in [0.05, 0.1) is 11.3 Å². The van der Waals surface area contributed by atoms with Crippen LogP contribution in [0.1, 0.15) is 16.7 Å². The molecule has 134 valence electrons. The Labute approximate surface area is 149 Å². The van der Waals surface area contributed by atoms with Gasteiger partial charge in [0.15, 0.2) is 0 Å². The molecule has 3 rings (SSSR count). The summed E-state index contributed by atoms with van der Waals surface area (Å²) in [5.41, 5.74) is 2.22. The zero-order chi connectivity index (χ0) is 18.7. The third-order valence-electron chi connectivity index (χ3n) is 4.00. The van der Waals surface area contributed by atoms with Crippen LogP contribution in [0.25, 0.3) is 0 Å². The van der Waals surface area contributed by atoms with Gasteiger partial charge in [0.25, 0.3) is 0 Å². The number of para-hydroxylation sites is 1. The predicted octanol–water partition coefficient (Wildman–Crippen LogP) is 5.60. The smallest absolute Gasteiger partial charge is 0.340 e. The molecule has 2 aromatic carbocycles. The molecule has 0 saturated heterocycles. The number of aryl methyl sites for hydroxylation is 1. The Hall–Kier alpha value is -3.09. The molecule has 1 heterocycles. The number of anilines is 4. The average Bonchev–Trinajstić information content (AvgIpc) is 2.59. The largest absolute Gasteiger partial charge is 0.418 e. The fourth-order valence-corrected chi connectivity index (χ4v) is 2.47. The van der Waals surface area contributed by atoms with E-state index in [9.17, 15) is 13.2 Å². The van der Waals surface area contributed by atoms with Crippen LogP contribution in [0.3, 0.4) is 0 Å². The Morgan fingerprint density at radius 1 is 0.846 bits per heavy atom. The van der Waals surface area contributed by atoms with Gasteiger partial charge in [0.1, 0.15) is 5.82 Å². The van der Waals surface area contributed by atoms with Crippen LogP contribution in [-0.4, -0.2) is 9.97 Å². The van der Waals surface area contributed by atoms with Crippen molar-refractivity contribution in [1.82, 2.24) is 9.97 Å². The van der Waals surface area contributed by atoms with Crippen LogP contribution in [0.2, 0.25) is 0 Å². The van der Waals surface area contributed by atoms with Crippen molar-refractivity contribution in [3.8, 4) is 0 Å². The van der Waals surface area contributed by atoms with Crippen molar-refractivity contribution in [1.29, 1.82) is 0 Å². The summed E-state index contributed by atoms with van der Waals surface area (Å²) in [4.78, 5) is 8.27. The third-order valence-corrected chi connectivity index (χ3v) is 4.00. The first-order valence-electron chi connectivity index (χ1n) is 7.94. The van der Waals surface area contributed by atoms with Gasteiger partial charge in [-0.25, -0.2) is 4.98 Å². The molecule has 0 aliphatic heterocycles. The number of nitrogens with one attached hydrogen (secondary N) is 2. The molecule has 1 aromatic heterocycles. The minimum absolute atomic E-state index is 0.0806. The molecule has 0 radical (unpaired) electrons. The Morgan fingerprint density at radius 3 is 2.35 bits per heavy atom. The number of benzene rings is 2. The van der Waals surface area contributed by atoms with Gasteiger partial charge >= 0.3 is 6.18 Å². The highest BCUT2D eigenvalue weighted by atomic mass is 19.4. The number of aromatic nitrogens is 2. The zero-order valence-electron chi connectivity index (χ0n) is 14.2. The van der Waals surface area contributed by atoms with Gasteiger partial charge in [-0.3, -0.25) is 0 Å². The summed E-state index contributed by atoms with van der Waals surface area (Å²) in [6.45, 7) is 3.99. The van der Waals surface area contributed by atoms with Crippen LogP contribution < -0.4 is 10.6 Å². The molecule has 3 aromatic rings. The Bertz CT molecular complexity index is 923. The fraction of sp³-hybridized carbons (Fsp3) is 0.158. The molecule has 26 heavy (non-hydrogen) atoms. The van der Waals surface area contributed by atoms with Gasteiger partial charge in [-0.05, 0) is 49.2 Å². The molecule has 0 aliphatic rings. The summed E-state index contributed by atoms with van der Waals surface area (Å²) in [5.74, 6) is 0.567. The summed E-state index contributed by atoms with van der Waals surface area (Å²) in [6.07, 6.45) is -2.98. The number of nitrogens with zero attached hydrogens (tertiary/aromatic N) is 2. The van der Waals surface area contributed by atoms with Crippen molar-refractivity contribution in [2.45, 2.75) is 20.0 Å². The van der Waals surface area contributed by atoms with E-state index in [-0.39, 0.29) is 11.6 Å². The van der Waals surface area contributed by atoms with E-state index in [1.165, 1.54) is 24.4 Å². The minimum Gasteiger partial charge on any atom is -0.340 e. The number of halogens is 3. The summed E-state index contributed by atoms with van der Waals surface area (Å²) in [7, 11) is 0. The topological polar surface area (TPSA) is 49.8 Å². The molecule has 0 unspecified atom stereocenters. The van der Waals surface area contributed by atoms with Crippen LogP contribution in [0.15, 0.2) is 54.7 Å². The predicted molar refractivity (Wildman–Crippen MR) is 96.0 cm³/mol. The Morgan fingerprint density at radius 2 is 1.58 bits per heavy atom. The molecule has 0 spiro atoms. The Kier molecular flexibility index (Phi) is 4.79. The van der Waals surface area contributed by atoms with Crippen molar-refractivity contribution >= 4 is 23.1 Å². The van der Waals surface area contributed by atoms with Gasteiger partial charge < -0.3 is 10.6 Å². The molecule has 0 aliphatic carbocycles. The summed E-state index contributed by atoms with van der Waals surface area (Å²) in [6, 6.07) is 12.7. The van der Waals surface area contributed by atoms with E-state index in [1.807, 2.05) is 32.0 Å². The van der Waals surface area contributed by atoms with Gasteiger partial charge in [0, 0.05) is 11.9 Å². The van der Waals surface area contributed by atoms with Crippen molar-refractivity contribution in [2.24, 2.45) is 0 Å². The second kappa shape index (κ2) is 7.03. The normalized spacial score (nSPS) is 11.3. The quantitative estimate of drug-likeness (QED) is 0.637. The number of alkyl halides is 3. The SMILES string of the molecule is Cc1cccc(Nc2ccnc(Nc3ccccc3C(F)(F)F)n2)c1C. The standard InChI is InChI=1S/C19H17F3N4/c1-12-6-5-9-15(13(12)2)24-17-10-11-23-18(26-17)25-16-8-4-3-7-14(16)19(20,21)22/h3-11H,1-2H3,(H2,23,24,25,26). The average molecular weight is 358 g/mol. The van der Waals surface area contributed by atoms with E-state index in [0.29, 0.717) is 5.82 Å². The highest BCUT2D eigenvalue weighted by Gasteiger charge is 2.33. The van der Waals surface area contributed by atoms with Gasteiger partial charge in [-0.1, -0.05) is 24.3 Å². The van der Waals surface area contributed by atoms with Crippen LogP contribution in [-0.2, 0) is 6.18 Å². The molecule has 4 nitrogen and oxygen atoms in total. The van der Waals surface area contributed by atoms with Crippen molar-refractivity contribution in [2.75, 3.05) is 10.6 Å². The molecule has 0 fully saturated rings. The number of rotatable bonds is 4. The van der Waals surface area contributed by atoms with Crippen molar-refractivity contribution in [3.05, 3.63) is 71.4 Å². The van der Waals surface area contributed by atoms with Crippen molar-refractivity contribution in [3.63, 3.8) is 0 Å². The van der Waals surface area contributed by atoms with E-state index in [1.54, 1.807) is 6.07 Å². The monoisotopic (exact) mass is 358 g/mol. The zero-order valence-corrected chi connectivity index (χ0v) is 14.2. The summed E-state index contributed by atoms with van der Waals surface area (Å²) < 4.78 is 39.3. The summed E-state index contributed by atoms with van der Waals surface area (Å²) >= 11 is 0. The lowest BCUT2D eigenvalue weighted by molar-refractivity contribution is -0.136. The van der Waals surface area contributed by atoms with Crippen LogP contribution in [0.5, 0.6) is 0 Å². The lowest BCUT2D eigenvalue weighted by Gasteiger charge is -2.14. The maximum Gasteiger partial charge on any atom is 0.418 e.